The molecule has 26 heavy (non-hydrogen) atoms. The molecule has 3 aromatic rings. The molecule has 0 aliphatic carbocycles. The number of hydrogen-bond donors (Lipinski definition) is 1. The van der Waals surface area contributed by atoms with E-state index in [1.54, 1.807) is 43.3 Å². The van der Waals surface area contributed by atoms with E-state index >= 15 is 0 Å². The van der Waals surface area contributed by atoms with Gasteiger partial charge in [0.1, 0.15) is 16.4 Å². The molecule has 0 saturated carbocycles. The van der Waals surface area contributed by atoms with Crippen molar-refractivity contribution in [2.45, 2.75) is 20.0 Å². The Kier molecular flexibility index (Phi) is 5.20. The maximum atomic E-state index is 12.4. The Bertz CT molecular complexity index is 1050. The van der Waals surface area contributed by atoms with Gasteiger partial charge in [0.15, 0.2) is 6.10 Å². The van der Waals surface area contributed by atoms with Crippen molar-refractivity contribution in [3.8, 4) is 5.75 Å². The summed E-state index contributed by atoms with van der Waals surface area (Å²) in [5.41, 5.74) is 1.26. The molecular weight excluding hydrogens is 377 g/mol. The van der Waals surface area contributed by atoms with Gasteiger partial charge < -0.3 is 14.5 Å². The van der Waals surface area contributed by atoms with Crippen LogP contribution in [0.5, 0.6) is 5.75 Å². The monoisotopic (exact) mass is 391 g/mol. The van der Waals surface area contributed by atoms with E-state index in [9.17, 15) is 9.59 Å². The van der Waals surface area contributed by atoms with Crippen LogP contribution in [-0.4, -0.2) is 12.0 Å². The predicted molar refractivity (Wildman–Crippen MR) is 102 cm³/mol. The van der Waals surface area contributed by atoms with E-state index in [1.165, 1.54) is 6.07 Å². The molecular formula is C19H15Cl2NO4. The second-order valence-electron chi connectivity index (χ2n) is 5.76. The highest BCUT2D eigenvalue weighted by atomic mass is 35.5. The number of carbonyl (C=O) groups excluding carboxylic acids is 1. The Hall–Kier alpha value is -2.50. The zero-order valence-corrected chi connectivity index (χ0v) is 15.5. The lowest BCUT2D eigenvalue weighted by molar-refractivity contribution is -0.122. The van der Waals surface area contributed by atoms with Crippen LogP contribution in [0.1, 0.15) is 12.5 Å². The van der Waals surface area contributed by atoms with E-state index in [0.29, 0.717) is 22.0 Å². The van der Waals surface area contributed by atoms with E-state index in [2.05, 4.69) is 5.32 Å². The second-order valence-corrected chi connectivity index (χ2v) is 6.55. The molecule has 1 aromatic heterocycles. The molecule has 0 aliphatic heterocycles. The lowest BCUT2D eigenvalue weighted by Gasteiger charge is -2.16. The van der Waals surface area contributed by atoms with Crippen LogP contribution in [0, 0.1) is 6.92 Å². The summed E-state index contributed by atoms with van der Waals surface area (Å²) in [5.74, 6) is -0.0580. The number of benzene rings is 2. The van der Waals surface area contributed by atoms with Crippen LogP contribution in [0.4, 0.5) is 5.69 Å². The van der Waals surface area contributed by atoms with Gasteiger partial charge in [0, 0.05) is 23.2 Å². The molecule has 1 atom stereocenters. The minimum absolute atomic E-state index is 0.247. The van der Waals surface area contributed by atoms with Crippen molar-refractivity contribution in [2.24, 2.45) is 0 Å². The molecule has 1 unspecified atom stereocenters. The van der Waals surface area contributed by atoms with Crippen molar-refractivity contribution in [1.29, 1.82) is 0 Å². The van der Waals surface area contributed by atoms with Crippen molar-refractivity contribution in [1.82, 2.24) is 0 Å². The van der Waals surface area contributed by atoms with Gasteiger partial charge in [-0.3, -0.25) is 4.79 Å². The third-order valence-electron chi connectivity index (χ3n) is 3.81. The van der Waals surface area contributed by atoms with Crippen molar-refractivity contribution < 1.29 is 13.9 Å². The molecule has 134 valence electrons. The van der Waals surface area contributed by atoms with Crippen LogP contribution >= 0.6 is 23.2 Å². The van der Waals surface area contributed by atoms with Gasteiger partial charge in [-0.2, -0.15) is 0 Å². The van der Waals surface area contributed by atoms with Gasteiger partial charge in [-0.05, 0) is 43.7 Å². The summed E-state index contributed by atoms with van der Waals surface area (Å²) < 4.78 is 10.8. The normalized spacial score (nSPS) is 12.0. The van der Waals surface area contributed by atoms with E-state index < -0.39 is 11.7 Å². The molecule has 0 aliphatic rings. The van der Waals surface area contributed by atoms with Gasteiger partial charge in [0.2, 0.25) is 0 Å². The minimum atomic E-state index is -0.814. The van der Waals surface area contributed by atoms with Crippen molar-refractivity contribution in [3.05, 3.63) is 68.5 Å². The number of rotatable bonds is 4. The van der Waals surface area contributed by atoms with Crippen molar-refractivity contribution in [3.63, 3.8) is 0 Å². The maximum absolute atomic E-state index is 12.4. The smallest absolute Gasteiger partial charge is 0.336 e. The largest absolute Gasteiger partial charge is 0.479 e. The van der Waals surface area contributed by atoms with Gasteiger partial charge in [-0.15, -0.1) is 0 Å². The average Bonchev–Trinajstić information content (AvgIpc) is 2.58. The Morgan fingerprint density at radius 2 is 1.96 bits per heavy atom. The number of hydrogen-bond acceptors (Lipinski definition) is 4. The topological polar surface area (TPSA) is 68.5 Å². The first-order chi connectivity index (χ1) is 12.3. The highest BCUT2D eigenvalue weighted by molar-refractivity contribution is 6.42. The summed E-state index contributed by atoms with van der Waals surface area (Å²) >= 11 is 12.0. The molecule has 1 heterocycles. The first-order valence-corrected chi connectivity index (χ1v) is 8.57. The molecule has 3 rings (SSSR count). The number of amides is 1. The van der Waals surface area contributed by atoms with Gasteiger partial charge in [0.05, 0.1) is 5.02 Å². The maximum Gasteiger partial charge on any atom is 0.336 e. The highest BCUT2D eigenvalue weighted by Crippen LogP contribution is 2.32. The molecule has 5 nitrogen and oxygen atoms in total. The molecule has 0 spiro atoms. The minimum Gasteiger partial charge on any atom is -0.479 e. The fraction of sp³-hybridized carbons (Fsp3) is 0.158. The molecule has 0 fully saturated rings. The summed E-state index contributed by atoms with van der Waals surface area (Å²) in [6.45, 7) is 3.42. The predicted octanol–water partition coefficient (Wildman–Crippen LogP) is 4.81. The third kappa shape index (κ3) is 3.84. The van der Waals surface area contributed by atoms with E-state index in [-0.39, 0.29) is 10.9 Å². The molecule has 7 heteroatoms. The molecule has 0 radical (unpaired) electrons. The Labute approximate surface area is 159 Å². The first-order valence-electron chi connectivity index (χ1n) is 7.81. The standard InChI is InChI=1S/C19H15Cl2NO4/c1-10-8-17(23)26-16-9-12(6-7-13(10)16)22-19(24)11(2)25-15-5-3-4-14(20)18(15)21/h3-9,11H,1-2H3,(H,22,24). The Morgan fingerprint density at radius 1 is 1.19 bits per heavy atom. The summed E-state index contributed by atoms with van der Waals surface area (Å²) in [6, 6.07) is 11.5. The lowest BCUT2D eigenvalue weighted by Crippen LogP contribution is -2.30. The third-order valence-corrected chi connectivity index (χ3v) is 4.61. The van der Waals surface area contributed by atoms with Gasteiger partial charge in [-0.1, -0.05) is 29.3 Å². The summed E-state index contributed by atoms with van der Waals surface area (Å²) in [4.78, 5) is 23.9. The number of fused-ring (bicyclic) bond motifs is 1. The number of halogens is 2. The van der Waals surface area contributed by atoms with Crippen LogP contribution in [-0.2, 0) is 4.79 Å². The molecule has 1 N–H and O–H groups in total. The number of anilines is 1. The summed E-state index contributed by atoms with van der Waals surface area (Å²) in [5, 5.41) is 4.12. The van der Waals surface area contributed by atoms with Crippen LogP contribution in [0.2, 0.25) is 10.0 Å². The van der Waals surface area contributed by atoms with Crippen LogP contribution in [0.3, 0.4) is 0 Å². The zero-order valence-electron chi connectivity index (χ0n) is 14.0. The fourth-order valence-electron chi connectivity index (χ4n) is 2.47. The Morgan fingerprint density at radius 3 is 2.73 bits per heavy atom. The summed E-state index contributed by atoms with van der Waals surface area (Å²) in [6.07, 6.45) is -0.814. The van der Waals surface area contributed by atoms with Gasteiger partial charge in [0.25, 0.3) is 5.91 Å². The molecule has 0 bridgehead atoms. The molecule has 2 aromatic carbocycles. The highest BCUT2D eigenvalue weighted by Gasteiger charge is 2.17. The fourth-order valence-corrected chi connectivity index (χ4v) is 2.80. The molecule has 1 amide bonds. The number of carbonyl (C=O) groups is 1. The van der Waals surface area contributed by atoms with Gasteiger partial charge >= 0.3 is 5.63 Å². The number of nitrogens with one attached hydrogen (secondary N) is 1. The van der Waals surface area contributed by atoms with Crippen LogP contribution in [0.25, 0.3) is 11.0 Å². The van der Waals surface area contributed by atoms with E-state index in [0.717, 1.165) is 10.9 Å². The SMILES string of the molecule is Cc1cc(=O)oc2cc(NC(=O)C(C)Oc3cccc(Cl)c3Cl)ccc12. The van der Waals surface area contributed by atoms with Crippen molar-refractivity contribution in [2.75, 3.05) is 5.32 Å². The van der Waals surface area contributed by atoms with E-state index in [1.807, 2.05) is 6.92 Å². The molecule has 0 saturated heterocycles. The second kappa shape index (κ2) is 7.40. The number of aryl methyl sites for hydroxylation is 1. The summed E-state index contributed by atoms with van der Waals surface area (Å²) in [7, 11) is 0. The average molecular weight is 392 g/mol. The lowest BCUT2D eigenvalue weighted by atomic mass is 10.1. The van der Waals surface area contributed by atoms with Crippen LogP contribution in [0.15, 0.2) is 51.7 Å². The Balaban J connectivity index is 1.77. The first kappa shape index (κ1) is 18.3. The van der Waals surface area contributed by atoms with E-state index in [4.69, 9.17) is 32.4 Å². The number of ether oxygens (including phenoxy) is 1. The van der Waals surface area contributed by atoms with Crippen LogP contribution < -0.4 is 15.7 Å². The zero-order chi connectivity index (χ0) is 18.8. The van der Waals surface area contributed by atoms with Gasteiger partial charge in [-0.25, -0.2) is 4.79 Å². The quantitative estimate of drug-likeness (QED) is 0.647. The van der Waals surface area contributed by atoms with Crippen molar-refractivity contribution >= 4 is 45.8 Å².